The monoisotopic (exact) mass is 361 g/mol. The molecule has 2 aromatic rings. The molecule has 1 fully saturated rings. The van der Waals surface area contributed by atoms with Crippen molar-refractivity contribution in [1.82, 2.24) is 4.90 Å². The van der Waals surface area contributed by atoms with Crippen molar-refractivity contribution in [2.75, 3.05) is 7.05 Å². The fourth-order valence-electron chi connectivity index (χ4n) is 2.76. The smallest absolute Gasteiger partial charge is 0.387 e. The molecule has 0 saturated heterocycles. The summed E-state index contributed by atoms with van der Waals surface area (Å²) in [5.74, 6) is 2.86. The second kappa shape index (κ2) is 7.72. The molecule has 4 nitrogen and oxygen atoms in total. The molecule has 1 aromatic heterocycles. The minimum Gasteiger partial charge on any atom is -0.464 e. The zero-order valence-corrected chi connectivity index (χ0v) is 14.7. The van der Waals surface area contributed by atoms with E-state index in [2.05, 4.69) is 11.7 Å². The average molecular weight is 361 g/mol. The molecule has 0 spiro atoms. The van der Waals surface area contributed by atoms with Crippen LogP contribution in [0.5, 0.6) is 5.75 Å². The minimum atomic E-state index is -2.85. The largest absolute Gasteiger partial charge is 0.464 e. The first-order valence-electron chi connectivity index (χ1n) is 8.49. The van der Waals surface area contributed by atoms with Crippen molar-refractivity contribution in [2.24, 2.45) is 5.92 Å². The Morgan fingerprint density at radius 1 is 1.31 bits per heavy atom. The number of likely N-dealkylation sites (N-methyl/N-ethyl adjacent to an activating group) is 1. The van der Waals surface area contributed by atoms with Gasteiger partial charge in [0.25, 0.3) is 0 Å². The van der Waals surface area contributed by atoms with Gasteiger partial charge in [-0.15, -0.1) is 0 Å². The van der Waals surface area contributed by atoms with Crippen LogP contribution >= 0.6 is 0 Å². The Balaban J connectivity index is 1.53. The molecule has 1 heterocycles. The van der Waals surface area contributed by atoms with Crippen molar-refractivity contribution in [3.05, 3.63) is 59.6 Å². The van der Waals surface area contributed by atoms with Crippen molar-refractivity contribution in [2.45, 2.75) is 32.4 Å². The van der Waals surface area contributed by atoms with Crippen molar-refractivity contribution >= 4 is 12.0 Å². The van der Waals surface area contributed by atoms with E-state index in [0.717, 1.165) is 23.5 Å². The highest BCUT2D eigenvalue weighted by atomic mass is 19.3. The van der Waals surface area contributed by atoms with E-state index in [1.165, 1.54) is 18.2 Å². The van der Waals surface area contributed by atoms with E-state index in [1.54, 1.807) is 30.2 Å². The summed E-state index contributed by atoms with van der Waals surface area (Å²) >= 11 is 0. The van der Waals surface area contributed by atoms with E-state index in [-0.39, 0.29) is 11.7 Å². The predicted octanol–water partition coefficient (Wildman–Crippen LogP) is 4.68. The maximum absolute atomic E-state index is 12.2. The fourth-order valence-corrected chi connectivity index (χ4v) is 2.76. The first kappa shape index (κ1) is 18.2. The van der Waals surface area contributed by atoms with Gasteiger partial charge in [0.05, 0.1) is 6.54 Å². The van der Waals surface area contributed by atoms with Gasteiger partial charge in [-0.25, -0.2) is 0 Å². The number of rotatable bonds is 7. The van der Waals surface area contributed by atoms with Gasteiger partial charge in [-0.1, -0.05) is 19.1 Å². The molecule has 0 radical (unpaired) electrons. The predicted molar refractivity (Wildman–Crippen MR) is 93.8 cm³/mol. The highest BCUT2D eigenvalue weighted by Gasteiger charge is 2.36. The molecule has 1 amide bonds. The zero-order chi connectivity index (χ0) is 18.7. The van der Waals surface area contributed by atoms with Gasteiger partial charge < -0.3 is 14.1 Å². The van der Waals surface area contributed by atoms with E-state index in [9.17, 15) is 13.6 Å². The molecule has 138 valence electrons. The maximum atomic E-state index is 12.2. The van der Waals surface area contributed by atoms with E-state index < -0.39 is 6.61 Å². The molecule has 1 saturated carbocycles. The quantitative estimate of drug-likeness (QED) is 0.673. The van der Waals surface area contributed by atoms with Gasteiger partial charge in [-0.05, 0) is 48.2 Å². The number of hydrogen-bond acceptors (Lipinski definition) is 3. The molecule has 1 aromatic carbocycles. The van der Waals surface area contributed by atoms with Crippen LogP contribution in [-0.2, 0) is 11.3 Å². The van der Waals surface area contributed by atoms with E-state index in [4.69, 9.17) is 4.42 Å². The van der Waals surface area contributed by atoms with Crippen LogP contribution in [0.25, 0.3) is 6.08 Å². The molecule has 1 aliphatic carbocycles. The third-order valence-electron chi connectivity index (χ3n) is 4.45. The number of amides is 1. The molecular formula is C20H21F2NO3. The maximum Gasteiger partial charge on any atom is 0.387 e. The summed E-state index contributed by atoms with van der Waals surface area (Å²) in [4.78, 5) is 13.8. The summed E-state index contributed by atoms with van der Waals surface area (Å²) in [5.41, 5.74) is 0.719. The Labute approximate surface area is 151 Å². The van der Waals surface area contributed by atoms with Gasteiger partial charge in [-0.3, -0.25) is 4.79 Å². The highest BCUT2D eigenvalue weighted by molar-refractivity contribution is 5.91. The summed E-state index contributed by atoms with van der Waals surface area (Å²) in [6, 6.07) is 9.98. The first-order valence-corrected chi connectivity index (χ1v) is 8.49. The molecule has 0 aliphatic heterocycles. The second-order valence-corrected chi connectivity index (χ2v) is 6.60. The zero-order valence-electron chi connectivity index (χ0n) is 14.7. The highest BCUT2D eigenvalue weighted by Crippen LogP contribution is 2.47. The number of alkyl halides is 2. The van der Waals surface area contributed by atoms with E-state index >= 15 is 0 Å². The average Bonchev–Trinajstić information content (AvgIpc) is 3.15. The molecule has 1 aliphatic rings. The number of benzene rings is 1. The Kier molecular flexibility index (Phi) is 5.40. The number of furan rings is 1. The second-order valence-electron chi connectivity index (χ2n) is 6.60. The molecule has 6 heteroatoms. The molecule has 26 heavy (non-hydrogen) atoms. The van der Waals surface area contributed by atoms with Crippen LogP contribution < -0.4 is 4.74 Å². The summed E-state index contributed by atoms with van der Waals surface area (Å²) in [6.45, 7) is -0.262. The number of ether oxygens (including phenoxy) is 1. The molecule has 0 unspecified atom stereocenters. The number of carbonyl (C=O) groups excluding carboxylic acids is 1. The molecule has 0 N–H and O–H groups in total. The third kappa shape index (κ3) is 4.71. The van der Waals surface area contributed by atoms with Gasteiger partial charge in [0, 0.05) is 19.0 Å². The molecular weight excluding hydrogens is 340 g/mol. The van der Waals surface area contributed by atoms with Gasteiger partial charge >= 0.3 is 6.61 Å². The van der Waals surface area contributed by atoms with Crippen LogP contribution in [0.4, 0.5) is 8.78 Å². The van der Waals surface area contributed by atoms with Crippen molar-refractivity contribution in [1.29, 1.82) is 0 Å². The number of carbonyl (C=O) groups is 1. The number of nitrogens with zero attached hydrogens (tertiary/aromatic N) is 1. The van der Waals surface area contributed by atoms with Crippen molar-refractivity contribution < 1.29 is 22.7 Å². The molecule has 0 bridgehead atoms. The fraction of sp³-hybridized carbons (Fsp3) is 0.350. The van der Waals surface area contributed by atoms with E-state index in [0.29, 0.717) is 18.4 Å². The van der Waals surface area contributed by atoms with Crippen LogP contribution in [0.15, 0.2) is 46.9 Å². The van der Waals surface area contributed by atoms with E-state index in [1.807, 2.05) is 12.1 Å². The Bertz CT molecular complexity index is 783. The third-order valence-corrected chi connectivity index (χ3v) is 4.45. The Morgan fingerprint density at radius 3 is 2.62 bits per heavy atom. The van der Waals surface area contributed by atoms with Crippen LogP contribution in [-0.4, -0.2) is 24.5 Å². The summed E-state index contributed by atoms with van der Waals surface area (Å²) < 4.78 is 34.3. The number of halogens is 2. The summed E-state index contributed by atoms with van der Waals surface area (Å²) in [6.07, 6.45) is 4.23. The summed E-state index contributed by atoms with van der Waals surface area (Å²) in [7, 11) is 1.70. The van der Waals surface area contributed by atoms with Gasteiger partial charge in [-0.2, -0.15) is 8.78 Å². The van der Waals surface area contributed by atoms with Crippen LogP contribution in [0.1, 0.15) is 36.3 Å². The first-order chi connectivity index (χ1) is 12.4. The Morgan fingerprint density at radius 2 is 2.00 bits per heavy atom. The SMILES string of the molecule is C[C@H]1C[C@@H]1c1ccc(CN(C)C(=O)/C=C/c2ccc(OC(F)F)cc2)o1. The lowest BCUT2D eigenvalue weighted by Crippen LogP contribution is -2.23. The van der Waals surface area contributed by atoms with Crippen LogP contribution in [0, 0.1) is 5.92 Å². The Hall–Kier alpha value is -2.63. The van der Waals surface area contributed by atoms with Gasteiger partial charge in [0.1, 0.15) is 17.3 Å². The van der Waals surface area contributed by atoms with Gasteiger partial charge in [0.2, 0.25) is 5.91 Å². The van der Waals surface area contributed by atoms with Crippen molar-refractivity contribution in [3.63, 3.8) is 0 Å². The normalized spacial score (nSPS) is 19.1. The lowest BCUT2D eigenvalue weighted by atomic mass is 10.2. The van der Waals surface area contributed by atoms with Crippen LogP contribution in [0.3, 0.4) is 0 Å². The molecule has 3 rings (SSSR count). The minimum absolute atomic E-state index is 0.0826. The lowest BCUT2D eigenvalue weighted by Gasteiger charge is -2.13. The topological polar surface area (TPSA) is 42.7 Å². The van der Waals surface area contributed by atoms with Gasteiger partial charge in [0.15, 0.2) is 0 Å². The lowest BCUT2D eigenvalue weighted by molar-refractivity contribution is -0.125. The standard InChI is InChI=1S/C20H21F2NO3/c1-13-11-17(13)18-9-8-16(25-18)12-23(2)19(24)10-5-14-3-6-15(7-4-14)26-20(21)22/h3-10,13,17,20H,11-12H2,1-2H3/b10-5+/t13-,17-/m0/s1. The summed E-state index contributed by atoms with van der Waals surface area (Å²) in [5, 5.41) is 0. The molecule has 2 atom stereocenters. The van der Waals surface area contributed by atoms with Crippen molar-refractivity contribution in [3.8, 4) is 5.75 Å². The van der Waals surface area contributed by atoms with Crippen LogP contribution in [0.2, 0.25) is 0 Å². The number of hydrogen-bond donors (Lipinski definition) is 0.